The minimum Gasteiger partial charge on any atom is -0.372 e. The molecule has 0 saturated carbocycles. The lowest BCUT2D eigenvalue weighted by Crippen LogP contribution is -2.45. The van der Waals surface area contributed by atoms with E-state index < -0.39 is 12.0 Å². The number of piperazine rings is 1. The maximum absolute atomic E-state index is 12.3. The zero-order valence-corrected chi connectivity index (χ0v) is 12.4. The second-order valence-electron chi connectivity index (χ2n) is 5.40. The molecule has 0 aliphatic carbocycles. The largest absolute Gasteiger partial charge is 0.454 e. The zero-order chi connectivity index (χ0) is 16.2. The van der Waals surface area contributed by atoms with E-state index in [-0.39, 0.29) is 0 Å². The first-order chi connectivity index (χ1) is 10.4. The molecule has 2 rings (SSSR count). The van der Waals surface area contributed by atoms with Gasteiger partial charge in [0.15, 0.2) is 0 Å². The summed E-state index contributed by atoms with van der Waals surface area (Å²) < 4.78 is 36.8. The zero-order valence-electron chi connectivity index (χ0n) is 12.4. The number of benzene rings is 1. The van der Waals surface area contributed by atoms with Crippen LogP contribution >= 0.6 is 0 Å². The molecule has 1 aliphatic heterocycles. The molecule has 1 heterocycles. The van der Waals surface area contributed by atoms with Gasteiger partial charge in [-0.15, -0.1) is 0 Å². The van der Waals surface area contributed by atoms with E-state index in [4.69, 9.17) is 0 Å². The fourth-order valence-electron chi connectivity index (χ4n) is 2.46. The molecule has 1 aromatic rings. The molecular formula is C16H19F3N2O. The van der Waals surface area contributed by atoms with E-state index in [1.807, 2.05) is 23.1 Å². The highest BCUT2D eigenvalue weighted by molar-refractivity contribution is 5.94. The van der Waals surface area contributed by atoms with Gasteiger partial charge in [-0.25, -0.2) is 0 Å². The van der Waals surface area contributed by atoms with Crippen molar-refractivity contribution < 1.29 is 18.0 Å². The molecular weight excluding hydrogens is 293 g/mol. The van der Waals surface area contributed by atoms with Crippen molar-refractivity contribution in [3.8, 4) is 0 Å². The Morgan fingerprint density at radius 2 is 1.73 bits per heavy atom. The molecule has 0 amide bonds. The molecule has 6 heteroatoms. The van der Waals surface area contributed by atoms with Crippen LogP contribution in [0.5, 0.6) is 0 Å². The Labute approximate surface area is 128 Å². The summed E-state index contributed by atoms with van der Waals surface area (Å²) in [5.74, 6) is -1.79. The Kier molecular flexibility index (Phi) is 5.24. The Hall–Kier alpha value is -1.82. The van der Waals surface area contributed by atoms with Gasteiger partial charge >= 0.3 is 6.18 Å². The number of ketones is 1. The molecule has 0 spiro atoms. The summed E-state index contributed by atoms with van der Waals surface area (Å²) in [6, 6.07) is 10.1. The van der Waals surface area contributed by atoms with Gasteiger partial charge in [0.1, 0.15) is 0 Å². The van der Waals surface area contributed by atoms with E-state index >= 15 is 0 Å². The Morgan fingerprint density at radius 3 is 2.27 bits per heavy atom. The smallest absolute Gasteiger partial charge is 0.372 e. The molecule has 0 atom stereocenters. The monoisotopic (exact) mass is 312 g/mol. The fraction of sp³-hybridized carbons (Fsp3) is 0.438. The van der Waals surface area contributed by atoms with Gasteiger partial charge in [-0.3, -0.25) is 9.69 Å². The quantitative estimate of drug-likeness (QED) is 0.799. The van der Waals surface area contributed by atoms with Crippen LogP contribution in [0.25, 0.3) is 0 Å². The SMILES string of the molecule is CC(=CC(=O)C(F)(F)F)N1CCN(Cc2ccccc2)CC1. The van der Waals surface area contributed by atoms with Crippen LogP contribution in [0.1, 0.15) is 12.5 Å². The molecule has 0 N–H and O–H groups in total. The van der Waals surface area contributed by atoms with Crippen molar-refractivity contribution in [1.29, 1.82) is 0 Å². The van der Waals surface area contributed by atoms with Crippen LogP contribution < -0.4 is 0 Å². The van der Waals surface area contributed by atoms with E-state index in [2.05, 4.69) is 17.0 Å². The van der Waals surface area contributed by atoms with Crippen LogP contribution in [0, 0.1) is 0 Å². The van der Waals surface area contributed by atoms with Gasteiger partial charge in [0.2, 0.25) is 0 Å². The van der Waals surface area contributed by atoms with E-state index in [1.54, 1.807) is 6.92 Å². The maximum atomic E-state index is 12.3. The number of hydrogen-bond acceptors (Lipinski definition) is 3. The maximum Gasteiger partial charge on any atom is 0.454 e. The first kappa shape index (κ1) is 16.5. The van der Waals surface area contributed by atoms with Crippen molar-refractivity contribution in [2.75, 3.05) is 26.2 Å². The van der Waals surface area contributed by atoms with E-state index in [0.717, 1.165) is 19.6 Å². The van der Waals surface area contributed by atoms with Crippen molar-refractivity contribution in [2.24, 2.45) is 0 Å². The fourth-order valence-corrected chi connectivity index (χ4v) is 2.46. The molecule has 0 aromatic heterocycles. The van der Waals surface area contributed by atoms with Gasteiger partial charge in [0.25, 0.3) is 5.78 Å². The summed E-state index contributed by atoms with van der Waals surface area (Å²) in [7, 11) is 0. The lowest BCUT2D eigenvalue weighted by atomic mass is 10.2. The highest BCUT2D eigenvalue weighted by atomic mass is 19.4. The second kappa shape index (κ2) is 6.96. The standard InChI is InChI=1S/C16H19F3N2O/c1-13(11-15(22)16(17,18)19)21-9-7-20(8-10-21)12-14-5-3-2-4-6-14/h2-6,11H,7-10,12H2,1H3. The number of allylic oxidation sites excluding steroid dienone is 2. The molecule has 0 unspecified atom stereocenters. The molecule has 0 bridgehead atoms. The topological polar surface area (TPSA) is 23.6 Å². The molecule has 1 aliphatic rings. The lowest BCUT2D eigenvalue weighted by Gasteiger charge is -2.36. The minimum absolute atomic E-state index is 0.377. The van der Waals surface area contributed by atoms with Gasteiger partial charge in [0, 0.05) is 44.5 Å². The molecule has 120 valence electrons. The van der Waals surface area contributed by atoms with Crippen molar-refractivity contribution in [3.63, 3.8) is 0 Å². The summed E-state index contributed by atoms with van der Waals surface area (Å²) in [5, 5.41) is 0. The molecule has 1 fully saturated rings. The van der Waals surface area contributed by atoms with Gasteiger partial charge < -0.3 is 4.90 Å². The molecule has 3 nitrogen and oxygen atoms in total. The number of hydrogen-bond donors (Lipinski definition) is 0. The third kappa shape index (κ3) is 4.59. The van der Waals surface area contributed by atoms with Crippen LogP contribution in [0.2, 0.25) is 0 Å². The highest BCUT2D eigenvalue weighted by Crippen LogP contribution is 2.19. The molecule has 1 aromatic carbocycles. The van der Waals surface area contributed by atoms with Crippen molar-refractivity contribution in [2.45, 2.75) is 19.6 Å². The Balaban J connectivity index is 1.86. The average molecular weight is 312 g/mol. The normalized spacial score (nSPS) is 17.6. The number of nitrogens with zero attached hydrogens (tertiary/aromatic N) is 2. The summed E-state index contributed by atoms with van der Waals surface area (Å²) >= 11 is 0. The van der Waals surface area contributed by atoms with Gasteiger partial charge in [0.05, 0.1) is 0 Å². The van der Waals surface area contributed by atoms with E-state index in [1.165, 1.54) is 5.56 Å². The van der Waals surface area contributed by atoms with E-state index in [9.17, 15) is 18.0 Å². The molecule has 22 heavy (non-hydrogen) atoms. The van der Waals surface area contributed by atoms with Crippen LogP contribution in [-0.2, 0) is 11.3 Å². The second-order valence-corrected chi connectivity index (χ2v) is 5.40. The van der Waals surface area contributed by atoms with Gasteiger partial charge in [-0.05, 0) is 12.5 Å². The first-order valence-corrected chi connectivity index (χ1v) is 7.17. The summed E-state index contributed by atoms with van der Waals surface area (Å²) in [6.45, 7) is 5.16. The van der Waals surface area contributed by atoms with E-state index in [0.29, 0.717) is 24.9 Å². The lowest BCUT2D eigenvalue weighted by molar-refractivity contribution is -0.165. The first-order valence-electron chi connectivity index (χ1n) is 7.17. The average Bonchev–Trinajstić information content (AvgIpc) is 2.48. The van der Waals surface area contributed by atoms with Crippen molar-refractivity contribution in [3.05, 3.63) is 47.7 Å². The van der Waals surface area contributed by atoms with Crippen LogP contribution in [0.3, 0.4) is 0 Å². The molecule has 1 saturated heterocycles. The predicted molar refractivity (Wildman–Crippen MR) is 78.1 cm³/mol. The number of halogens is 3. The summed E-state index contributed by atoms with van der Waals surface area (Å²) in [5.41, 5.74) is 1.59. The van der Waals surface area contributed by atoms with Gasteiger partial charge in [-0.1, -0.05) is 30.3 Å². The molecule has 0 radical (unpaired) electrons. The Bertz CT molecular complexity index is 532. The number of carbonyl (C=O) groups is 1. The number of carbonyl (C=O) groups excluding carboxylic acids is 1. The van der Waals surface area contributed by atoms with Crippen molar-refractivity contribution >= 4 is 5.78 Å². The third-order valence-corrected chi connectivity index (χ3v) is 3.74. The van der Waals surface area contributed by atoms with Crippen LogP contribution in [0.15, 0.2) is 42.1 Å². The third-order valence-electron chi connectivity index (χ3n) is 3.74. The van der Waals surface area contributed by atoms with Gasteiger partial charge in [-0.2, -0.15) is 13.2 Å². The minimum atomic E-state index is -4.80. The van der Waals surface area contributed by atoms with Crippen LogP contribution in [0.4, 0.5) is 13.2 Å². The summed E-state index contributed by atoms with van der Waals surface area (Å²) in [4.78, 5) is 15.1. The summed E-state index contributed by atoms with van der Waals surface area (Å²) in [6.07, 6.45) is -4.11. The van der Waals surface area contributed by atoms with Crippen LogP contribution in [-0.4, -0.2) is 47.9 Å². The predicted octanol–water partition coefficient (Wildman–Crippen LogP) is 2.84. The van der Waals surface area contributed by atoms with Crippen molar-refractivity contribution in [1.82, 2.24) is 9.80 Å². The Morgan fingerprint density at radius 1 is 1.14 bits per heavy atom. The number of rotatable bonds is 4. The highest BCUT2D eigenvalue weighted by Gasteiger charge is 2.36. The number of alkyl halides is 3.